The first-order valence-corrected chi connectivity index (χ1v) is 5.74. The van der Waals surface area contributed by atoms with Crippen molar-refractivity contribution in [1.82, 2.24) is 9.69 Å². The van der Waals surface area contributed by atoms with Crippen LogP contribution in [-0.4, -0.2) is 11.4 Å². The second-order valence-electron chi connectivity index (χ2n) is 3.57. The maximum atomic E-state index is 4.44. The van der Waals surface area contributed by atoms with Crippen molar-refractivity contribution in [3.63, 3.8) is 0 Å². The Bertz CT molecular complexity index is 431. The number of hydrogen-bond acceptors (Lipinski definition) is 3. The average molecular weight is 218 g/mol. The van der Waals surface area contributed by atoms with Crippen LogP contribution in [0.1, 0.15) is 10.4 Å². The molecule has 78 valence electrons. The van der Waals surface area contributed by atoms with Gasteiger partial charge in [0.15, 0.2) is 0 Å². The molecule has 15 heavy (non-hydrogen) atoms. The highest BCUT2D eigenvalue weighted by Gasteiger charge is 2.03. The van der Waals surface area contributed by atoms with Gasteiger partial charge in [0.1, 0.15) is 0 Å². The van der Waals surface area contributed by atoms with E-state index >= 15 is 0 Å². The number of hydrogen-bond donors (Lipinski definition) is 1. The summed E-state index contributed by atoms with van der Waals surface area (Å²) < 4.78 is 4.44. The van der Waals surface area contributed by atoms with Crippen LogP contribution in [0.25, 0.3) is 11.3 Å². The minimum atomic E-state index is 0.892. The summed E-state index contributed by atoms with van der Waals surface area (Å²) in [6.45, 7) is 2.99. The largest absolute Gasteiger partial charge is 0.315 e. The van der Waals surface area contributed by atoms with Crippen LogP contribution in [0.2, 0.25) is 0 Å². The van der Waals surface area contributed by atoms with Crippen molar-refractivity contribution < 1.29 is 0 Å². The third-order valence-electron chi connectivity index (χ3n) is 2.26. The molecular formula is C12H14N2S. The van der Waals surface area contributed by atoms with Crippen LogP contribution >= 0.6 is 11.5 Å². The molecule has 0 amide bonds. The molecule has 3 heteroatoms. The summed E-state index contributed by atoms with van der Waals surface area (Å²) in [6, 6.07) is 10.6. The van der Waals surface area contributed by atoms with Gasteiger partial charge in [-0.05, 0) is 31.6 Å². The quantitative estimate of drug-likeness (QED) is 0.857. The predicted octanol–water partition coefficient (Wildman–Crippen LogP) is 2.84. The van der Waals surface area contributed by atoms with Gasteiger partial charge < -0.3 is 5.32 Å². The summed E-state index contributed by atoms with van der Waals surface area (Å²) in [5.74, 6) is 0. The summed E-state index contributed by atoms with van der Waals surface area (Å²) in [5.41, 5.74) is 3.55. The van der Waals surface area contributed by atoms with Gasteiger partial charge in [-0.25, -0.2) is 0 Å². The Morgan fingerprint density at radius 1 is 1.27 bits per heavy atom. The minimum absolute atomic E-state index is 0.892. The summed E-state index contributed by atoms with van der Waals surface area (Å²) in [5, 5.41) is 3.13. The van der Waals surface area contributed by atoms with E-state index in [4.69, 9.17) is 0 Å². The molecule has 0 saturated heterocycles. The van der Waals surface area contributed by atoms with Crippen LogP contribution in [0, 0.1) is 6.92 Å². The smallest absolute Gasteiger partial charge is 0.0844 e. The van der Waals surface area contributed by atoms with Crippen LogP contribution in [0.15, 0.2) is 30.3 Å². The number of nitrogens with zero attached hydrogens (tertiary/aromatic N) is 1. The maximum absolute atomic E-state index is 4.44. The van der Waals surface area contributed by atoms with E-state index in [-0.39, 0.29) is 0 Å². The molecule has 0 aliphatic heterocycles. The van der Waals surface area contributed by atoms with Gasteiger partial charge in [0, 0.05) is 17.0 Å². The molecule has 0 radical (unpaired) electrons. The summed E-state index contributed by atoms with van der Waals surface area (Å²) in [4.78, 5) is 1.27. The SMILES string of the molecule is CNCc1cc(-c2ccc(C)cc2)ns1. The normalized spacial score (nSPS) is 10.5. The highest BCUT2D eigenvalue weighted by Crippen LogP contribution is 2.22. The van der Waals surface area contributed by atoms with E-state index in [1.54, 1.807) is 11.5 Å². The molecule has 0 aliphatic carbocycles. The third-order valence-corrected chi connectivity index (χ3v) is 3.04. The van der Waals surface area contributed by atoms with Crippen molar-refractivity contribution in [2.75, 3.05) is 7.05 Å². The van der Waals surface area contributed by atoms with Gasteiger partial charge in [0.2, 0.25) is 0 Å². The topological polar surface area (TPSA) is 24.9 Å². The van der Waals surface area contributed by atoms with Crippen LogP contribution in [0.3, 0.4) is 0 Å². The second kappa shape index (κ2) is 4.55. The van der Waals surface area contributed by atoms with Gasteiger partial charge >= 0.3 is 0 Å². The van der Waals surface area contributed by atoms with Gasteiger partial charge in [-0.2, -0.15) is 4.37 Å². The third kappa shape index (κ3) is 2.43. The van der Waals surface area contributed by atoms with E-state index in [1.807, 2.05) is 7.05 Å². The lowest BCUT2D eigenvalue weighted by Gasteiger charge is -1.96. The zero-order valence-electron chi connectivity index (χ0n) is 8.95. The van der Waals surface area contributed by atoms with Crippen molar-refractivity contribution in [2.24, 2.45) is 0 Å². The fourth-order valence-corrected chi connectivity index (χ4v) is 2.18. The van der Waals surface area contributed by atoms with Crippen LogP contribution in [0.4, 0.5) is 0 Å². The summed E-state index contributed by atoms with van der Waals surface area (Å²) in [6.07, 6.45) is 0. The summed E-state index contributed by atoms with van der Waals surface area (Å²) >= 11 is 1.56. The van der Waals surface area contributed by atoms with Crippen molar-refractivity contribution >= 4 is 11.5 Å². The second-order valence-corrected chi connectivity index (χ2v) is 4.46. The molecule has 2 rings (SSSR count). The Labute approximate surface area is 94.1 Å². The van der Waals surface area contributed by atoms with E-state index in [0.29, 0.717) is 0 Å². The molecule has 0 fully saturated rings. The number of nitrogens with one attached hydrogen (secondary N) is 1. The highest BCUT2D eigenvalue weighted by molar-refractivity contribution is 7.06. The molecule has 1 heterocycles. The minimum Gasteiger partial charge on any atom is -0.315 e. The lowest BCUT2D eigenvalue weighted by molar-refractivity contribution is 0.831. The molecule has 0 aliphatic rings. The molecular weight excluding hydrogens is 204 g/mol. The first-order valence-electron chi connectivity index (χ1n) is 4.97. The Balaban J connectivity index is 2.25. The van der Waals surface area contributed by atoms with E-state index in [2.05, 4.69) is 46.9 Å². The monoisotopic (exact) mass is 218 g/mol. The van der Waals surface area contributed by atoms with Crippen LogP contribution in [0.5, 0.6) is 0 Å². The molecule has 1 aromatic heterocycles. The molecule has 0 bridgehead atoms. The van der Waals surface area contributed by atoms with Crippen molar-refractivity contribution in [3.05, 3.63) is 40.8 Å². The zero-order valence-corrected chi connectivity index (χ0v) is 9.77. The Morgan fingerprint density at radius 2 is 2.00 bits per heavy atom. The van der Waals surface area contributed by atoms with Crippen molar-refractivity contribution in [2.45, 2.75) is 13.5 Å². The van der Waals surface area contributed by atoms with Crippen molar-refractivity contribution in [1.29, 1.82) is 0 Å². The summed E-state index contributed by atoms with van der Waals surface area (Å²) in [7, 11) is 1.95. The fraction of sp³-hybridized carbons (Fsp3) is 0.250. The molecule has 0 spiro atoms. The van der Waals surface area contributed by atoms with E-state index < -0.39 is 0 Å². The van der Waals surface area contributed by atoms with E-state index in [9.17, 15) is 0 Å². The van der Waals surface area contributed by atoms with E-state index in [0.717, 1.165) is 12.2 Å². The standard InChI is InChI=1S/C12H14N2S/c1-9-3-5-10(6-4-9)12-7-11(8-13-2)15-14-12/h3-7,13H,8H2,1-2H3. The fourth-order valence-electron chi connectivity index (χ4n) is 1.43. The Morgan fingerprint density at radius 3 is 2.67 bits per heavy atom. The molecule has 1 N–H and O–H groups in total. The van der Waals surface area contributed by atoms with Gasteiger partial charge in [-0.1, -0.05) is 29.8 Å². The predicted molar refractivity (Wildman–Crippen MR) is 65.1 cm³/mol. The van der Waals surface area contributed by atoms with Gasteiger partial charge in [0.05, 0.1) is 5.69 Å². The molecule has 2 nitrogen and oxygen atoms in total. The Kier molecular flexibility index (Phi) is 3.14. The zero-order chi connectivity index (χ0) is 10.7. The number of rotatable bonds is 3. The van der Waals surface area contributed by atoms with Gasteiger partial charge in [0.25, 0.3) is 0 Å². The van der Waals surface area contributed by atoms with Gasteiger partial charge in [-0.15, -0.1) is 0 Å². The first kappa shape index (κ1) is 10.3. The van der Waals surface area contributed by atoms with E-state index in [1.165, 1.54) is 16.0 Å². The maximum Gasteiger partial charge on any atom is 0.0844 e. The van der Waals surface area contributed by atoms with Gasteiger partial charge in [-0.3, -0.25) is 0 Å². The molecule has 0 atom stereocenters. The van der Waals surface area contributed by atoms with Crippen LogP contribution in [-0.2, 0) is 6.54 Å². The molecule has 0 unspecified atom stereocenters. The lowest BCUT2D eigenvalue weighted by atomic mass is 10.1. The van der Waals surface area contributed by atoms with Crippen LogP contribution < -0.4 is 5.32 Å². The number of aryl methyl sites for hydroxylation is 1. The molecule has 2 aromatic rings. The average Bonchev–Trinajstić information content (AvgIpc) is 2.68. The lowest BCUT2D eigenvalue weighted by Crippen LogP contribution is -2.02. The van der Waals surface area contributed by atoms with Crippen molar-refractivity contribution in [3.8, 4) is 11.3 Å². The Hall–Kier alpha value is -1.19. The number of benzene rings is 1. The first-order chi connectivity index (χ1) is 7.29. The molecule has 0 saturated carbocycles. The highest BCUT2D eigenvalue weighted by atomic mass is 32.1. The molecule has 1 aromatic carbocycles. The number of aromatic nitrogens is 1.